The summed E-state index contributed by atoms with van der Waals surface area (Å²) in [4.78, 5) is 0.496. The summed E-state index contributed by atoms with van der Waals surface area (Å²) < 4.78 is 28.2. The molecule has 1 spiro atoms. The second-order valence-electron chi connectivity index (χ2n) is 6.41. The minimum atomic E-state index is -3.42. The third-order valence-corrected chi connectivity index (χ3v) is 6.42. The van der Waals surface area contributed by atoms with Gasteiger partial charge in [-0.1, -0.05) is 24.3 Å². The van der Waals surface area contributed by atoms with Gasteiger partial charge in [0.15, 0.2) is 5.66 Å². The van der Waals surface area contributed by atoms with Gasteiger partial charge in [0.2, 0.25) is 10.0 Å². The highest BCUT2D eigenvalue weighted by Gasteiger charge is 2.45. The Morgan fingerprint density at radius 2 is 2.00 bits per heavy atom. The molecule has 0 radical (unpaired) electrons. The normalized spacial score (nSPS) is 25.6. The van der Waals surface area contributed by atoms with Gasteiger partial charge < -0.3 is 0 Å². The highest BCUT2D eigenvalue weighted by Crippen LogP contribution is 2.42. The lowest BCUT2D eigenvalue weighted by atomic mass is 9.89. The molecule has 6 heteroatoms. The van der Waals surface area contributed by atoms with Crippen molar-refractivity contribution < 1.29 is 8.42 Å². The van der Waals surface area contributed by atoms with E-state index in [1.54, 1.807) is 0 Å². The fraction of sp³-hybridized carbons (Fsp3) is 0.500. The number of sulfonamides is 1. The molecule has 1 aliphatic heterocycles. The molecule has 0 bridgehead atoms. The topological polar surface area (TPSA) is 70.9 Å². The van der Waals surface area contributed by atoms with Crippen LogP contribution >= 0.6 is 0 Å². The summed E-state index contributed by atoms with van der Waals surface area (Å²) in [5.41, 5.74) is 1.97. The molecule has 1 aromatic rings. The number of rotatable bonds is 3. The summed E-state index contributed by atoms with van der Waals surface area (Å²) >= 11 is 0. The second kappa shape index (κ2) is 4.99. The number of benzene rings is 1. The van der Waals surface area contributed by atoms with E-state index in [1.807, 2.05) is 24.3 Å². The maximum absolute atomic E-state index is 12.7. The molecule has 1 atom stereocenters. The van der Waals surface area contributed by atoms with Crippen LogP contribution in [0.5, 0.6) is 0 Å². The second-order valence-corrected chi connectivity index (χ2v) is 8.17. The van der Waals surface area contributed by atoms with Crippen molar-refractivity contribution in [1.29, 1.82) is 0 Å². The first-order chi connectivity index (χ1) is 10.6. The van der Waals surface area contributed by atoms with E-state index in [1.165, 1.54) is 5.56 Å². The van der Waals surface area contributed by atoms with E-state index < -0.39 is 10.0 Å². The molecule has 1 saturated carbocycles. The van der Waals surface area contributed by atoms with E-state index in [0.717, 1.165) is 31.2 Å². The van der Waals surface area contributed by atoms with Crippen molar-refractivity contribution in [2.75, 3.05) is 0 Å². The zero-order valence-electron chi connectivity index (χ0n) is 12.3. The number of aryl methyl sites for hydroxylation is 1. The summed E-state index contributed by atoms with van der Waals surface area (Å²) in [5, 5.41) is 8.18. The van der Waals surface area contributed by atoms with Crippen molar-refractivity contribution in [2.45, 2.75) is 50.2 Å². The summed E-state index contributed by atoms with van der Waals surface area (Å²) in [6.45, 7) is 0. The number of hydrogen-bond acceptors (Lipinski definition) is 4. The first-order valence-electron chi connectivity index (χ1n) is 7.81. The Labute approximate surface area is 130 Å². The van der Waals surface area contributed by atoms with Gasteiger partial charge in [0.05, 0.1) is 4.91 Å². The Bertz CT molecular complexity index is 761. The largest absolute Gasteiger partial charge is 0.236 e. The van der Waals surface area contributed by atoms with Gasteiger partial charge in [-0.25, -0.2) is 13.1 Å². The molecular weight excluding hydrogens is 298 g/mol. The fourth-order valence-electron chi connectivity index (χ4n) is 3.50. The molecule has 1 heterocycles. The molecule has 1 fully saturated rings. The molecule has 4 rings (SSSR count). The third-order valence-electron chi connectivity index (χ3n) is 4.77. The van der Waals surface area contributed by atoms with Crippen molar-refractivity contribution >= 4 is 16.1 Å². The van der Waals surface area contributed by atoms with Crippen LogP contribution in [0.1, 0.15) is 43.2 Å². The van der Waals surface area contributed by atoms with Crippen LogP contribution in [0.3, 0.4) is 0 Å². The summed E-state index contributed by atoms with van der Waals surface area (Å²) in [5.74, 6) is 0. The summed E-state index contributed by atoms with van der Waals surface area (Å²) in [6.07, 6.45) is 6.67. The van der Waals surface area contributed by atoms with Gasteiger partial charge in [-0.05, 0) is 49.3 Å². The highest BCUT2D eigenvalue weighted by atomic mass is 32.2. The highest BCUT2D eigenvalue weighted by molar-refractivity contribution is 7.93. The lowest BCUT2D eigenvalue weighted by molar-refractivity contribution is 0.337. The van der Waals surface area contributed by atoms with Gasteiger partial charge in [-0.2, -0.15) is 10.2 Å². The van der Waals surface area contributed by atoms with E-state index in [0.29, 0.717) is 17.7 Å². The first kappa shape index (κ1) is 14.1. The number of nitrogens with one attached hydrogen (secondary N) is 1. The molecular formula is C16H19N3O2S. The summed E-state index contributed by atoms with van der Waals surface area (Å²) in [7, 11) is -3.42. The van der Waals surface area contributed by atoms with Gasteiger partial charge >= 0.3 is 0 Å². The van der Waals surface area contributed by atoms with Crippen molar-refractivity contribution in [3.05, 3.63) is 40.3 Å². The zero-order valence-corrected chi connectivity index (χ0v) is 13.1. The number of allylic oxidation sites excluding steroid dienone is 1. The number of hydrogen-bond donors (Lipinski definition) is 1. The van der Waals surface area contributed by atoms with Gasteiger partial charge in [-0.15, -0.1) is 0 Å². The number of fused-ring (bicyclic) bond motifs is 1. The summed E-state index contributed by atoms with van der Waals surface area (Å²) in [6, 6.07) is 7.92. The average molecular weight is 317 g/mol. The molecule has 0 saturated heterocycles. The van der Waals surface area contributed by atoms with Gasteiger partial charge in [-0.3, -0.25) is 0 Å². The predicted octanol–water partition coefficient (Wildman–Crippen LogP) is 3.00. The smallest absolute Gasteiger partial charge is 0.208 e. The van der Waals surface area contributed by atoms with Crippen LogP contribution in [0.15, 0.2) is 39.4 Å². The Hall–Kier alpha value is -1.53. The van der Waals surface area contributed by atoms with Crippen molar-refractivity contribution in [2.24, 2.45) is 10.2 Å². The SMILES string of the molecule is O=S(=O)(NC1CCCC2(C1)N=N2)C1=Cc2ccccc2CC1. The van der Waals surface area contributed by atoms with Crippen LogP contribution in [-0.2, 0) is 16.4 Å². The van der Waals surface area contributed by atoms with Crippen LogP contribution in [-0.4, -0.2) is 20.1 Å². The van der Waals surface area contributed by atoms with Crippen LogP contribution in [0.2, 0.25) is 0 Å². The molecule has 116 valence electrons. The Morgan fingerprint density at radius 1 is 1.18 bits per heavy atom. The third kappa shape index (κ3) is 2.61. The molecule has 5 nitrogen and oxygen atoms in total. The van der Waals surface area contributed by atoms with Crippen molar-refractivity contribution in [3.63, 3.8) is 0 Å². The molecule has 2 aliphatic carbocycles. The van der Waals surface area contributed by atoms with Gasteiger partial charge in [0, 0.05) is 12.5 Å². The molecule has 22 heavy (non-hydrogen) atoms. The van der Waals surface area contributed by atoms with Crippen molar-refractivity contribution in [1.82, 2.24) is 4.72 Å². The van der Waals surface area contributed by atoms with E-state index in [-0.39, 0.29) is 11.7 Å². The van der Waals surface area contributed by atoms with Crippen LogP contribution in [0.4, 0.5) is 0 Å². The molecule has 1 unspecified atom stereocenters. The van der Waals surface area contributed by atoms with Crippen molar-refractivity contribution in [3.8, 4) is 0 Å². The lowest BCUT2D eigenvalue weighted by Gasteiger charge is -2.27. The van der Waals surface area contributed by atoms with E-state index in [2.05, 4.69) is 21.0 Å². The minimum Gasteiger partial charge on any atom is -0.208 e. The average Bonchev–Trinajstić information content (AvgIpc) is 3.25. The van der Waals surface area contributed by atoms with Gasteiger partial charge in [0.1, 0.15) is 0 Å². The Balaban J connectivity index is 1.53. The van der Waals surface area contributed by atoms with Crippen LogP contribution < -0.4 is 4.72 Å². The van der Waals surface area contributed by atoms with E-state index >= 15 is 0 Å². The monoisotopic (exact) mass is 317 g/mol. The zero-order chi connectivity index (χ0) is 15.2. The Kier molecular flexibility index (Phi) is 3.20. The lowest BCUT2D eigenvalue weighted by Crippen LogP contribution is -2.41. The molecule has 1 aromatic carbocycles. The number of nitrogens with zero attached hydrogens (tertiary/aromatic N) is 2. The Morgan fingerprint density at radius 3 is 2.82 bits per heavy atom. The fourth-order valence-corrected chi connectivity index (χ4v) is 4.94. The quantitative estimate of drug-likeness (QED) is 0.931. The van der Waals surface area contributed by atoms with Crippen LogP contribution in [0, 0.1) is 0 Å². The maximum Gasteiger partial charge on any atom is 0.236 e. The molecule has 1 N–H and O–H groups in total. The first-order valence-corrected chi connectivity index (χ1v) is 9.30. The van der Waals surface area contributed by atoms with Crippen LogP contribution in [0.25, 0.3) is 6.08 Å². The standard InChI is InChI=1S/C16H19N3O2S/c20-22(21,17-14-6-3-9-16(11-14)18-19-16)15-8-7-12-4-1-2-5-13(12)10-15/h1-2,4-5,10,14,17H,3,6-9,11H2. The van der Waals surface area contributed by atoms with E-state index in [9.17, 15) is 8.42 Å². The molecule has 3 aliphatic rings. The predicted molar refractivity (Wildman–Crippen MR) is 84.6 cm³/mol. The van der Waals surface area contributed by atoms with Gasteiger partial charge in [0.25, 0.3) is 0 Å². The molecule has 0 aromatic heterocycles. The molecule has 0 amide bonds. The minimum absolute atomic E-state index is 0.0492. The van der Waals surface area contributed by atoms with E-state index in [4.69, 9.17) is 0 Å². The maximum atomic E-state index is 12.7.